The van der Waals surface area contributed by atoms with Gasteiger partial charge in [0.25, 0.3) is 11.7 Å². The van der Waals surface area contributed by atoms with Crippen LogP contribution in [0.3, 0.4) is 0 Å². The summed E-state index contributed by atoms with van der Waals surface area (Å²) in [6.07, 6.45) is 0. The van der Waals surface area contributed by atoms with Gasteiger partial charge in [-0.15, -0.1) is 0 Å². The minimum atomic E-state index is -0.811. The van der Waals surface area contributed by atoms with Crippen molar-refractivity contribution >= 4 is 23.0 Å². The molecule has 0 bridgehead atoms. The van der Waals surface area contributed by atoms with Crippen molar-refractivity contribution in [3.63, 3.8) is 0 Å². The summed E-state index contributed by atoms with van der Waals surface area (Å²) in [6.45, 7) is 1.81. The third-order valence-electron chi connectivity index (χ3n) is 3.19. The van der Waals surface area contributed by atoms with Gasteiger partial charge in [-0.3, -0.25) is 25.0 Å². The predicted molar refractivity (Wildman–Crippen MR) is 85.4 cm³/mol. The fourth-order valence-electron chi connectivity index (χ4n) is 2.14. The van der Waals surface area contributed by atoms with E-state index in [1.165, 1.54) is 0 Å². The molecule has 24 heavy (non-hydrogen) atoms. The molecule has 9 nitrogen and oxygen atoms in total. The van der Waals surface area contributed by atoms with Gasteiger partial charge in [0.05, 0.1) is 22.6 Å². The third kappa shape index (κ3) is 3.46. The van der Waals surface area contributed by atoms with E-state index in [0.717, 1.165) is 24.8 Å². The van der Waals surface area contributed by atoms with Crippen molar-refractivity contribution in [3.8, 4) is 5.75 Å². The zero-order valence-corrected chi connectivity index (χ0v) is 12.8. The van der Waals surface area contributed by atoms with E-state index in [9.17, 15) is 25.0 Å². The van der Waals surface area contributed by atoms with Crippen LogP contribution in [0.25, 0.3) is 0 Å². The average molecular weight is 331 g/mol. The molecule has 2 aromatic rings. The Labute approximate surface area is 136 Å². The Morgan fingerprint density at radius 2 is 1.67 bits per heavy atom. The molecule has 2 aromatic carbocycles. The number of carbonyl (C=O) groups is 1. The summed E-state index contributed by atoms with van der Waals surface area (Å²) in [7, 11) is 1.10. The molecule has 0 heterocycles. The van der Waals surface area contributed by atoms with E-state index in [0.29, 0.717) is 5.56 Å². The predicted octanol–water partition coefficient (Wildman–Crippen LogP) is 3.07. The van der Waals surface area contributed by atoms with Crippen LogP contribution in [0.4, 0.5) is 17.1 Å². The molecule has 124 valence electrons. The van der Waals surface area contributed by atoms with Crippen LogP contribution in [-0.2, 0) is 0 Å². The molecule has 0 atom stereocenters. The van der Waals surface area contributed by atoms with Crippen molar-refractivity contribution in [1.29, 1.82) is 0 Å². The molecular formula is C15H13N3O6. The molecule has 0 fully saturated rings. The van der Waals surface area contributed by atoms with Gasteiger partial charge in [0.2, 0.25) is 0 Å². The first-order chi connectivity index (χ1) is 11.3. The highest BCUT2D eigenvalue weighted by molar-refractivity contribution is 6.04. The van der Waals surface area contributed by atoms with Crippen molar-refractivity contribution in [2.24, 2.45) is 0 Å². The van der Waals surface area contributed by atoms with Gasteiger partial charge in [0.15, 0.2) is 0 Å². The number of benzene rings is 2. The number of anilines is 1. The highest BCUT2D eigenvalue weighted by atomic mass is 16.6. The minimum absolute atomic E-state index is 0.0688. The lowest BCUT2D eigenvalue weighted by atomic mass is 10.1. The Kier molecular flexibility index (Phi) is 4.73. The van der Waals surface area contributed by atoms with E-state index in [2.05, 4.69) is 5.32 Å². The zero-order valence-electron chi connectivity index (χ0n) is 12.8. The summed E-state index contributed by atoms with van der Waals surface area (Å²) in [5.74, 6) is -1.01. The molecular weight excluding hydrogens is 318 g/mol. The van der Waals surface area contributed by atoms with Crippen LogP contribution in [0.15, 0.2) is 36.4 Å². The molecule has 0 unspecified atom stereocenters. The molecule has 0 aliphatic carbocycles. The third-order valence-corrected chi connectivity index (χ3v) is 3.19. The first-order valence-corrected chi connectivity index (χ1v) is 6.72. The zero-order chi connectivity index (χ0) is 17.9. The number of hydrogen-bond donors (Lipinski definition) is 1. The van der Waals surface area contributed by atoms with E-state index < -0.39 is 32.9 Å². The lowest BCUT2D eigenvalue weighted by Crippen LogP contribution is -2.12. The number of nitro benzene ring substituents is 2. The van der Waals surface area contributed by atoms with Crippen molar-refractivity contribution in [3.05, 3.63) is 67.8 Å². The molecule has 0 spiro atoms. The Bertz CT molecular complexity index is 799. The Balaban J connectivity index is 2.45. The fourth-order valence-corrected chi connectivity index (χ4v) is 2.14. The van der Waals surface area contributed by atoms with Gasteiger partial charge in [0.1, 0.15) is 0 Å². The number of methoxy groups -OCH3 is 1. The number of nitrogens with one attached hydrogen (secondary N) is 1. The number of nitrogens with zero attached hydrogens (tertiary/aromatic N) is 2. The first kappa shape index (κ1) is 16.9. The molecule has 0 saturated heterocycles. The lowest BCUT2D eigenvalue weighted by molar-refractivity contribution is -0.395. The summed E-state index contributed by atoms with van der Waals surface area (Å²) in [5, 5.41) is 24.6. The van der Waals surface area contributed by atoms with Gasteiger partial charge in [-0.05, 0) is 19.1 Å². The summed E-state index contributed by atoms with van der Waals surface area (Å²) >= 11 is 0. The molecule has 0 aliphatic rings. The largest absolute Gasteiger partial charge is 0.485 e. The van der Waals surface area contributed by atoms with Crippen molar-refractivity contribution in [1.82, 2.24) is 0 Å². The lowest BCUT2D eigenvalue weighted by Gasteiger charge is -2.08. The normalized spacial score (nSPS) is 10.1. The standard InChI is InChI=1S/C15H13N3O6/c1-9-4-3-5-10(6-9)15(19)16-11-7-12(17(20)21)14(24-2)13(8-11)18(22)23/h3-8H,1-2H3,(H,16,19). The molecule has 0 aliphatic heterocycles. The quantitative estimate of drug-likeness (QED) is 0.663. The number of ether oxygens (including phenoxy) is 1. The van der Waals surface area contributed by atoms with Gasteiger partial charge in [-0.1, -0.05) is 17.7 Å². The summed E-state index contributed by atoms with van der Waals surface area (Å²) in [4.78, 5) is 32.8. The monoisotopic (exact) mass is 331 g/mol. The molecule has 2 rings (SSSR count). The minimum Gasteiger partial charge on any atom is -0.485 e. The molecule has 9 heteroatoms. The molecule has 0 aromatic heterocycles. The molecule has 1 amide bonds. The number of aryl methyl sites for hydroxylation is 1. The highest BCUT2D eigenvalue weighted by Gasteiger charge is 2.28. The highest BCUT2D eigenvalue weighted by Crippen LogP contribution is 2.39. The number of hydrogen-bond acceptors (Lipinski definition) is 6. The van der Waals surface area contributed by atoms with Gasteiger partial charge in [-0.2, -0.15) is 0 Å². The maximum atomic E-state index is 12.2. The second-order valence-corrected chi connectivity index (χ2v) is 4.89. The number of carbonyl (C=O) groups excluding carboxylic acids is 1. The molecule has 0 saturated carbocycles. The van der Waals surface area contributed by atoms with Crippen LogP contribution in [0, 0.1) is 27.2 Å². The van der Waals surface area contributed by atoms with E-state index in [1.807, 2.05) is 0 Å². The van der Waals surface area contributed by atoms with Crippen LogP contribution < -0.4 is 10.1 Å². The van der Waals surface area contributed by atoms with Crippen LogP contribution in [0.5, 0.6) is 5.75 Å². The Hall–Kier alpha value is -3.49. The van der Waals surface area contributed by atoms with Crippen LogP contribution in [0.2, 0.25) is 0 Å². The number of nitro groups is 2. The van der Waals surface area contributed by atoms with Gasteiger partial charge in [0, 0.05) is 17.7 Å². The topological polar surface area (TPSA) is 125 Å². The number of amides is 1. The number of rotatable bonds is 5. The van der Waals surface area contributed by atoms with Crippen LogP contribution >= 0.6 is 0 Å². The first-order valence-electron chi connectivity index (χ1n) is 6.72. The molecule has 0 radical (unpaired) electrons. The molecule has 1 N–H and O–H groups in total. The summed E-state index contributed by atoms with van der Waals surface area (Å²) in [5.41, 5.74) is -0.0938. The van der Waals surface area contributed by atoms with E-state index in [-0.39, 0.29) is 5.69 Å². The maximum Gasteiger partial charge on any atom is 0.320 e. The second kappa shape index (κ2) is 6.73. The van der Waals surface area contributed by atoms with E-state index in [4.69, 9.17) is 4.74 Å². The van der Waals surface area contributed by atoms with Crippen molar-refractivity contribution in [2.45, 2.75) is 6.92 Å². The van der Waals surface area contributed by atoms with E-state index >= 15 is 0 Å². The van der Waals surface area contributed by atoms with Gasteiger partial charge in [-0.25, -0.2) is 0 Å². The van der Waals surface area contributed by atoms with Crippen molar-refractivity contribution < 1.29 is 19.4 Å². The Morgan fingerprint density at radius 1 is 1.08 bits per heavy atom. The van der Waals surface area contributed by atoms with Crippen LogP contribution in [0.1, 0.15) is 15.9 Å². The van der Waals surface area contributed by atoms with Gasteiger partial charge < -0.3 is 10.1 Å². The second-order valence-electron chi connectivity index (χ2n) is 4.89. The summed E-state index contributed by atoms with van der Waals surface area (Å²) < 4.78 is 4.76. The van der Waals surface area contributed by atoms with Crippen LogP contribution in [-0.4, -0.2) is 22.9 Å². The SMILES string of the molecule is COc1c([N+](=O)[O-])cc(NC(=O)c2cccc(C)c2)cc1[N+](=O)[O-]. The summed E-state index contributed by atoms with van der Waals surface area (Å²) in [6, 6.07) is 8.71. The maximum absolute atomic E-state index is 12.2. The smallest absolute Gasteiger partial charge is 0.320 e. The van der Waals surface area contributed by atoms with Gasteiger partial charge >= 0.3 is 11.4 Å². The average Bonchev–Trinajstić information content (AvgIpc) is 2.53. The van der Waals surface area contributed by atoms with Crippen molar-refractivity contribution in [2.75, 3.05) is 12.4 Å². The fraction of sp³-hybridized carbons (Fsp3) is 0.133. The van der Waals surface area contributed by atoms with E-state index in [1.54, 1.807) is 31.2 Å². The Morgan fingerprint density at radius 3 is 2.12 bits per heavy atom.